The third-order valence-corrected chi connectivity index (χ3v) is 4.31. The van der Waals surface area contributed by atoms with E-state index < -0.39 is 0 Å². The standard InChI is InChI=1S/C15H26N6S/c1-4-6-17-14-12(2)16-7-5-13(14)18-19-15(22)21-10-8-20(3)9-11-21/h4,6,12,16H,5,7-11H2,1-3H3,(H,19,22)/b6-4-,17-14+,18-13-. The van der Waals surface area contributed by atoms with E-state index in [1.807, 2.05) is 19.2 Å². The molecule has 2 heterocycles. The lowest BCUT2D eigenvalue weighted by molar-refractivity contribution is 0.214. The summed E-state index contributed by atoms with van der Waals surface area (Å²) >= 11 is 5.46. The van der Waals surface area contributed by atoms with Gasteiger partial charge in [0.05, 0.1) is 11.4 Å². The van der Waals surface area contributed by atoms with Gasteiger partial charge in [0.1, 0.15) is 0 Å². The minimum Gasteiger partial charge on any atom is -0.345 e. The number of piperazine rings is 1. The van der Waals surface area contributed by atoms with Crippen molar-refractivity contribution in [3.05, 3.63) is 12.3 Å². The Hall–Kier alpha value is -1.31. The molecule has 0 spiro atoms. The summed E-state index contributed by atoms with van der Waals surface area (Å²) in [6.45, 7) is 8.95. The van der Waals surface area contributed by atoms with Crippen molar-refractivity contribution in [2.24, 2.45) is 10.1 Å². The first-order valence-corrected chi connectivity index (χ1v) is 8.25. The topological polar surface area (TPSA) is 55.3 Å². The normalized spacial score (nSPS) is 27.8. The number of nitrogens with zero attached hydrogens (tertiary/aromatic N) is 4. The maximum absolute atomic E-state index is 5.46. The van der Waals surface area contributed by atoms with E-state index >= 15 is 0 Å². The van der Waals surface area contributed by atoms with Crippen LogP contribution in [0.2, 0.25) is 0 Å². The molecule has 22 heavy (non-hydrogen) atoms. The van der Waals surface area contributed by atoms with Crippen LogP contribution < -0.4 is 10.7 Å². The number of thiocarbonyl (C=S) groups is 1. The fourth-order valence-corrected chi connectivity index (χ4v) is 2.76. The molecule has 1 atom stereocenters. The molecule has 0 aromatic rings. The molecule has 0 aliphatic carbocycles. The first-order valence-electron chi connectivity index (χ1n) is 7.84. The molecule has 0 aromatic carbocycles. The van der Waals surface area contributed by atoms with E-state index in [-0.39, 0.29) is 6.04 Å². The maximum atomic E-state index is 5.46. The number of piperidine rings is 1. The summed E-state index contributed by atoms with van der Waals surface area (Å²) in [5.41, 5.74) is 5.03. The molecule has 0 bridgehead atoms. The highest BCUT2D eigenvalue weighted by Gasteiger charge is 2.22. The van der Waals surface area contributed by atoms with Crippen LogP contribution in [0, 0.1) is 0 Å². The number of hydrogen-bond donors (Lipinski definition) is 2. The fraction of sp³-hybridized carbons (Fsp3) is 0.667. The molecule has 2 fully saturated rings. The number of hydrazone groups is 1. The Labute approximate surface area is 138 Å². The Morgan fingerprint density at radius 2 is 2.09 bits per heavy atom. The minimum absolute atomic E-state index is 0.211. The molecule has 2 aliphatic heterocycles. The van der Waals surface area contributed by atoms with Crippen molar-refractivity contribution in [3.63, 3.8) is 0 Å². The second-order valence-electron chi connectivity index (χ2n) is 5.69. The van der Waals surface area contributed by atoms with E-state index in [1.165, 1.54) is 0 Å². The van der Waals surface area contributed by atoms with Gasteiger partial charge < -0.3 is 15.1 Å². The van der Waals surface area contributed by atoms with Crippen LogP contribution in [0.5, 0.6) is 0 Å². The lowest BCUT2D eigenvalue weighted by Crippen LogP contribution is -2.50. The smallest absolute Gasteiger partial charge is 0.189 e. The third kappa shape index (κ3) is 4.59. The van der Waals surface area contributed by atoms with Gasteiger partial charge in [-0.2, -0.15) is 5.10 Å². The molecular weight excluding hydrogens is 296 g/mol. The predicted molar refractivity (Wildman–Crippen MR) is 96.6 cm³/mol. The third-order valence-electron chi connectivity index (χ3n) is 3.96. The highest BCUT2D eigenvalue weighted by molar-refractivity contribution is 7.80. The zero-order valence-electron chi connectivity index (χ0n) is 13.7. The number of hydrogen-bond acceptors (Lipinski definition) is 5. The molecule has 7 heteroatoms. The summed E-state index contributed by atoms with van der Waals surface area (Å²) in [6.07, 6.45) is 4.60. The van der Waals surface area contributed by atoms with Gasteiger partial charge >= 0.3 is 0 Å². The van der Waals surface area contributed by atoms with Crippen molar-refractivity contribution in [3.8, 4) is 0 Å². The van der Waals surface area contributed by atoms with Crippen LogP contribution in [0.3, 0.4) is 0 Å². The molecule has 0 aromatic heterocycles. The van der Waals surface area contributed by atoms with Crippen LogP contribution in [0.15, 0.2) is 22.4 Å². The average molecular weight is 322 g/mol. The molecule has 2 saturated heterocycles. The van der Waals surface area contributed by atoms with Crippen molar-refractivity contribution in [1.82, 2.24) is 20.5 Å². The Morgan fingerprint density at radius 1 is 1.36 bits per heavy atom. The maximum Gasteiger partial charge on any atom is 0.189 e. The number of likely N-dealkylation sites (N-methyl/N-ethyl adjacent to an activating group) is 1. The van der Waals surface area contributed by atoms with Crippen molar-refractivity contribution in [1.29, 1.82) is 0 Å². The molecule has 0 amide bonds. The Morgan fingerprint density at radius 3 is 2.77 bits per heavy atom. The van der Waals surface area contributed by atoms with E-state index in [9.17, 15) is 0 Å². The van der Waals surface area contributed by atoms with Gasteiger partial charge in [-0.1, -0.05) is 6.08 Å². The lowest BCUT2D eigenvalue weighted by Gasteiger charge is -2.33. The van der Waals surface area contributed by atoms with Gasteiger partial charge in [-0.05, 0) is 33.1 Å². The fourth-order valence-electron chi connectivity index (χ4n) is 2.53. The summed E-state index contributed by atoms with van der Waals surface area (Å²) in [6, 6.07) is 0.211. The molecule has 2 N–H and O–H groups in total. The van der Waals surface area contributed by atoms with E-state index in [2.05, 4.69) is 44.6 Å². The van der Waals surface area contributed by atoms with E-state index in [0.29, 0.717) is 5.11 Å². The minimum atomic E-state index is 0.211. The van der Waals surface area contributed by atoms with Gasteiger partial charge in [-0.15, -0.1) is 0 Å². The van der Waals surface area contributed by atoms with Crippen molar-refractivity contribution < 1.29 is 0 Å². The monoisotopic (exact) mass is 322 g/mol. The van der Waals surface area contributed by atoms with Gasteiger partial charge in [-0.3, -0.25) is 10.4 Å². The summed E-state index contributed by atoms with van der Waals surface area (Å²) in [5.74, 6) is 0. The Bertz CT molecular complexity index is 476. The number of allylic oxidation sites excluding steroid dienone is 1. The van der Waals surface area contributed by atoms with E-state index in [0.717, 1.165) is 50.6 Å². The van der Waals surface area contributed by atoms with E-state index in [4.69, 9.17) is 12.2 Å². The second kappa shape index (κ2) is 8.36. The van der Waals surface area contributed by atoms with E-state index in [1.54, 1.807) is 0 Å². The van der Waals surface area contributed by atoms with Crippen LogP contribution in [0.1, 0.15) is 20.3 Å². The highest BCUT2D eigenvalue weighted by atomic mass is 32.1. The Balaban J connectivity index is 1.99. The van der Waals surface area contributed by atoms with Crippen LogP contribution in [-0.2, 0) is 0 Å². The molecule has 0 radical (unpaired) electrons. The molecule has 2 aliphatic rings. The van der Waals surface area contributed by atoms with Crippen molar-refractivity contribution in [2.45, 2.75) is 26.3 Å². The van der Waals surface area contributed by atoms with Gasteiger partial charge in [0.25, 0.3) is 0 Å². The van der Waals surface area contributed by atoms with Gasteiger partial charge in [0.2, 0.25) is 0 Å². The quantitative estimate of drug-likeness (QED) is 0.582. The summed E-state index contributed by atoms with van der Waals surface area (Å²) in [4.78, 5) is 8.98. The molecule has 0 saturated carbocycles. The van der Waals surface area contributed by atoms with Crippen LogP contribution in [0.4, 0.5) is 0 Å². The zero-order chi connectivity index (χ0) is 15.9. The van der Waals surface area contributed by atoms with Gasteiger partial charge in [0.15, 0.2) is 5.11 Å². The second-order valence-corrected chi connectivity index (χ2v) is 6.08. The summed E-state index contributed by atoms with van der Waals surface area (Å²) in [7, 11) is 2.13. The Kier molecular flexibility index (Phi) is 6.48. The first-order chi connectivity index (χ1) is 10.6. The average Bonchev–Trinajstić information content (AvgIpc) is 2.52. The van der Waals surface area contributed by atoms with Crippen molar-refractivity contribution in [2.75, 3.05) is 39.8 Å². The molecule has 2 rings (SSSR count). The SMILES string of the molecule is C\C=C/N=C1/C(=N\NC(=S)N2CCN(C)CC2)CCNC1C. The number of nitrogens with one attached hydrogen (secondary N) is 2. The highest BCUT2D eigenvalue weighted by Crippen LogP contribution is 2.05. The van der Waals surface area contributed by atoms with Crippen molar-refractivity contribution >= 4 is 28.8 Å². The predicted octanol–water partition coefficient (Wildman–Crippen LogP) is 0.821. The van der Waals surface area contributed by atoms with Crippen LogP contribution in [-0.4, -0.2) is 72.1 Å². The van der Waals surface area contributed by atoms with Gasteiger partial charge in [-0.25, -0.2) is 0 Å². The summed E-state index contributed by atoms with van der Waals surface area (Å²) in [5, 5.41) is 8.64. The molecule has 122 valence electrons. The van der Waals surface area contributed by atoms with Gasteiger partial charge in [0, 0.05) is 51.4 Å². The molecule has 6 nitrogen and oxygen atoms in total. The molecular formula is C15H26N6S. The first kappa shape index (κ1) is 17.1. The largest absolute Gasteiger partial charge is 0.345 e. The zero-order valence-corrected chi connectivity index (χ0v) is 14.5. The molecule has 1 unspecified atom stereocenters. The summed E-state index contributed by atoms with van der Waals surface area (Å²) < 4.78 is 0. The lowest BCUT2D eigenvalue weighted by atomic mass is 10.0. The van der Waals surface area contributed by atoms with Crippen LogP contribution >= 0.6 is 12.2 Å². The van der Waals surface area contributed by atoms with Crippen LogP contribution in [0.25, 0.3) is 0 Å². The number of aliphatic imine (C=N–C) groups is 1. The number of rotatable bonds is 2.